The highest BCUT2D eigenvalue weighted by Gasteiger charge is 2.73. The van der Waals surface area contributed by atoms with Crippen molar-refractivity contribution in [3.05, 3.63) is 42.5 Å². The van der Waals surface area contributed by atoms with Crippen LogP contribution >= 0.6 is 0 Å². The summed E-state index contributed by atoms with van der Waals surface area (Å²) in [4.78, 5) is 22.8. The molecule has 5 aliphatic rings. The maximum atomic E-state index is 13.6. The Kier molecular flexibility index (Phi) is 9.50. The van der Waals surface area contributed by atoms with Gasteiger partial charge in [0, 0.05) is 34.3 Å². The van der Waals surface area contributed by atoms with Gasteiger partial charge in [-0.25, -0.2) is 9.67 Å². The number of fused-ring (bicyclic) bond motifs is 3. The van der Waals surface area contributed by atoms with E-state index < -0.39 is 17.4 Å². The van der Waals surface area contributed by atoms with E-state index in [1.54, 1.807) is 6.33 Å². The molecule has 0 amide bonds. The molecule has 0 aromatic carbocycles. The van der Waals surface area contributed by atoms with Gasteiger partial charge in [0.05, 0.1) is 37.4 Å². The molecule has 4 fully saturated rings. The lowest BCUT2D eigenvalue weighted by Crippen LogP contribution is -2.71. The van der Waals surface area contributed by atoms with Crippen molar-refractivity contribution < 1.29 is 19.4 Å². The van der Waals surface area contributed by atoms with E-state index in [1.165, 1.54) is 5.57 Å². The van der Waals surface area contributed by atoms with E-state index in [0.29, 0.717) is 31.0 Å². The summed E-state index contributed by atoms with van der Waals surface area (Å²) in [6, 6.07) is 3.87. The van der Waals surface area contributed by atoms with E-state index in [4.69, 9.17) is 25.3 Å². The molecule has 4 aliphatic carbocycles. The van der Waals surface area contributed by atoms with Crippen LogP contribution in [0.25, 0.3) is 11.4 Å². The lowest BCUT2D eigenvalue weighted by Gasteiger charge is -2.72. The second-order valence-corrected chi connectivity index (χ2v) is 21.1. The van der Waals surface area contributed by atoms with Crippen LogP contribution in [-0.4, -0.2) is 61.8 Å². The summed E-state index contributed by atoms with van der Waals surface area (Å²) in [5.74, 6) is 1.06. The summed E-state index contributed by atoms with van der Waals surface area (Å²) in [6.45, 7) is 28.3. The maximum Gasteiger partial charge on any atom is 0.307 e. The molecular formula is C45H69N5O4. The molecule has 1 saturated heterocycles. The molecule has 9 nitrogen and oxygen atoms in total. The van der Waals surface area contributed by atoms with Gasteiger partial charge in [-0.3, -0.25) is 9.78 Å². The van der Waals surface area contributed by atoms with E-state index in [1.807, 2.05) is 24.5 Å². The van der Waals surface area contributed by atoms with E-state index >= 15 is 0 Å². The monoisotopic (exact) mass is 744 g/mol. The number of carboxylic acids is 1. The Morgan fingerprint density at radius 2 is 1.76 bits per heavy atom. The molecule has 13 atom stereocenters. The molecule has 0 unspecified atom stereocenters. The summed E-state index contributed by atoms with van der Waals surface area (Å²) in [6.07, 6.45) is 13.2. The molecule has 2 bridgehead atoms. The van der Waals surface area contributed by atoms with E-state index in [9.17, 15) is 9.90 Å². The zero-order valence-electron chi connectivity index (χ0n) is 35.3. The molecule has 9 heteroatoms. The zero-order chi connectivity index (χ0) is 39.4. The molecule has 0 spiro atoms. The minimum absolute atomic E-state index is 0.0200. The van der Waals surface area contributed by atoms with Crippen molar-refractivity contribution in [3.63, 3.8) is 0 Å². The van der Waals surface area contributed by atoms with Crippen LogP contribution in [0, 0.1) is 62.1 Å². The topological polar surface area (TPSA) is 125 Å². The van der Waals surface area contributed by atoms with Crippen molar-refractivity contribution in [2.45, 2.75) is 145 Å². The molecule has 2 aromatic heterocycles. The van der Waals surface area contributed by atoms with Crippen LogP contribution in [0.3, 0.4) is 0 Å². The van der Waals surface area contributed by atoms with Crippen LogP contribution in [0.1, 0.15) is 128 Å². The quantitative estimate of drug-likeness (QED) is 0.257. The van der Waals surface area contributed by atoms with Gasteiger partial charge in [-0.2, -0.15) is 5.10 Å². The number of nitrogens with zero attached hydrogens (tertiary/aromatic N) is 4. The number of hydrogen-bond donors (Lipinski definition) is 2. The third-order valence-corrected chi connectivity index (χ3v) is 17.7. The van der Waals surface area contributed by atoms with Crippen molar-refractivity contribution in [1.82, 2.24) is 19.7 Å². The normalized spacial score (nSPS) is 42.2. The van der Waals surface area contributed by atoms with Gasteiger partial charge in [-0.05, 0) is 110 Å². The first-order valence-electron chi connectivity index (χ1n) is 20.9. The lowest BCUT2D eigenvalue weighted by molar-refractivity contribution is -0.274. The molecule has 298 valence electrons. The highest BCUT2D eigenvalue weighted by molar-refractivity contribution is 5.73. The number of rotatable bonds is 8. The summed E-state index contributed by atoms with van der Waals surface area (Å²) in [5.41, 5.74) is 7.35. The van der Waals surface area contributed by atoms with E-state index in [2.05, 4.69) is 98.8 Å². The second-order valence-electron chi connectivity index (χ2n) is 21.1. The second kappa shape index (κ2) is 13.0. The molecule has 2 aromatic rings. The molecule has 3 saturated carbocycles. The number of carboxylic acid groups (broad SMARTS) is 1. The fourth-order valence-corrected chi connectivity index (χ4v) is 13.1. The fourth-order valence-electron chi connectivity index (χ4n) is 13.1. The van der Waals surface area contributed by atoms with Crippen LogP contribution in [0.4, 0.5) is 0 Å². The third-order valence-electron chi connectivity index (χ3n) is 17.7. The SMILES string of the molecule is CC(C)[C@@H](C)[C@@]1(C)CC[C@]2(C)[C@H]3CC[C@H]4[C@@]5(C)CO[C@@H](C)[C@@]4(C[C@@H](n4ncnc4-c4ccncc4)[C@@H]5OC[C@](C)(N)C(C)(C)C)C3=CC[C@@]2(C)[C@@H]1C(=O)O. The number of ether oxygens (including phenoxy) is 2. The highest BCUT2D eigenvalue weighted by atomic mass is 16.5. The number of allylic oxidation sites excluding steroid dienone is 1. The highest BCUT2D eigenvalue weighted by Crippen LogP contribution is 2.76. The summed E-state index contributed by atoms with van der Waals surface area (Å²) < 4.78 is 16.4. The Morgan fingerprint density at radius 1 is 1.07 bits per heavy atom. The largest absolute Gasteiger partial charge is 0.481 e. The summed E-state index contributed by atoms with van der Waals surface area (Å²) >= 11 is 0. The molecule has 3 N–H and O–H groups in total. The molecule has 7 rings (SSSR count). The van der Waals surface area contributed by atoms with Gasteiger partial charge in [0.1, 0.15) is 6.33 Å². The minimum atomic E-state index is -0.626. The number of carbonyl (C=O) groups is 1. The van der Waals surface area contributed by atoms with Gasteiger partial charge >= 0.3 is 5.97 Å². The number of aromatic nitrogens is 4. The average molecular weight is 744 g/mol. The Hall–Kier alpha value is -2.62. The zero-order valence-corrected chi connectivity index (χ0v) is 35.3. The first-order valence-corrected chi connectivity index (χ1v) is 20.9. The molecule has 54 heavy (non-hydrogen) atoms. The molecule has 3 heterocycles. The van der Waals surface area contributed by atoms with Crippen molar-refractivity contribution >= 4 is 5.97 Å². The maximum absolute atomic E-state index is 13.6. The summed E-state index contributed by atoms with van der Waals surface area (Å²) in [5, 5.41) is 16.2. The van der Waals surface area contributed by atoms with Crippen LogP contribution in [-0.2, 0) is 14.3 Å². The van der Waals surface area contributed by atoms with Gasteiger partial charge < -0.3 is 20.3 Å². The molecule has 0 radical (unpaired) electrons. The van der Waals surface area contributed by atoms with Crippen LogP contribution in [0.2, 0.25) is 0 Å². The van der Waals surface area contributed by atoms with Crippen molar-refractivity contribution in [1.29, 1.82) is 0 Å². The van der Waals surface area contributed by atoms with Gasteiger partial charge in [0.25, 0.3) is 0 Å². The fraction of sp³-hybridized carbons (Fsp3) is 0.778. The van der Waals surface area contributed by atoms with Gasteiger partial charge in [0.2, 0.25) is 0 Å². The molecule has 1 aliphatic heterocycles. The lowest BCUT2D eigenvalue weighted by atomic mass is 9.33. The van der Waals surface area contributed by atoms with Crippen LogP contribution < -0.4 is 5.73 Å². The van der Waals surface area contributed by atoms with Gasteiger partial charge in [-0.1, -0.05) is 80.9 Å². The van der Waals surface area contributed by atoms with Crippen molar-refractivity contribution in [2.75, 3.05) is 13.2 Å². The third kappa shape index (κ3) is 5.39. The number of aliphatic carboxylic acids is 1. The van der Waals surface area contributed by atoms with Crippen molar-refractivity contribution in [3.8, 4) is 11.4 Å². The molecular weight excluding hydrogens is 675 g/mol. The Labute approximate surface area is 324 Å². The van der Waals surface area contributed by atoms with Gasteiger partial charge in [0.15, 0.2) is 5.82 Å². The van der Waals surface area contributed by atoms with E-state index in [-0.39, 0.29) is 56.7 Å². The minimum Gasteiger partial charge on any atom is -0.481 e. The first-order chi connectivity index (χ1) is 25.1. The van der Waals surface area contributed by atoms with E-state index in [0.717, 1.165) is 49.9 Å². The summed E-state index contributed by atoms with van der Waals surface area (Å²) in [7, 11) is 0. The number of pyridine rings is 1. The first kappa shape index (κ1) is 39.6. The van der Waals surface area contributed by atoms with Crippen LogP contribution in [0.15, 0.2) is 42.5 Å². The predicted molar refractivity (Wildman–Crippen MR) is 212 cm³/mol. The Balaban J connectivity index is 1.38. The smallest absolute Gasteiger partial charge is 0.307 e. The van der Waals surface area contributed by atoms with Crippen molar-refractivity contribution in [2.24, 2.45) is 67.8 Å². The number of nitrogens with two attached hydrogens (primary N) is 1. The predicted octanol–water partition coefficient (Wildman–Crippen LogP) is 9.01. The van der Waals surface area contributed by atoms with Gasteiger partial charge in [-0.15, -0.1) is 0 Å². The Morgan fingerprint density at radius 3 is 2.39 bits per heavy atom. The average Bonchev–Trinajstić information content (AvgIpc) is 3.59. The standard InChI is InChI=1S/C45H69N5O4/c1-27(2)28(3)40(8)19-20-42(10)31-13-14-34-41(9)24-53-29(4)45(34,32(31)15-18-43(42,11)35(40)38(51)52)23-33(36(41)54-25-44(12,46)39(5,6)7)50-37(48-26-49-50)30-16-21-47-22-17-30/h15-17,21-22,26-29,31,33-36H,13-14,18-20,23-25,46H2,1-12H3,(H,51,52)/t28-,29+,31+,33-,34+,35-,36+,40-,41-,42-,43+,44+,45+/m1/s1. The number of hydrogen-bond acceptors (Lipinski definition) is 7. The van der Waals surface area contributed by atoms with Crippen LogP contribution in [0.5, 0.6) is 0 Å². The Bertz CT molecular complexity index is 1770.